The van der Waals surface area contributed by atoms with E-state index in [0.717, 1.165) is 54.5 Å². The second kappa shape index (κ2) is 9.16. The van der Waals surface area contributed by atoms with Crippen LogP contribution in [0.25, 0.3) is 16.9 Å². The Hall–Kier alpha value is -2.76. The average Bonchev–Trinajstić information content (AvgIpc) is 3.08. The van der Waals surface area contributed by atoms with Gasteiger partial charge in [0.2, 0.25) is 0 Å². The third kappa shape index (κ3) is 4.21. The number of piperazine rings is 1. The number of hydrogen-bond donors (Lipinski definition) is 0. The Balaban J connectivity index is 2.01. The van der Waals surface area contributed by atoms with E-state index in [-0.39, 0.29) is 5.97 Å². The number of ether oxygens (including phenoxy) is 1. The normalized spacial score (nSPS) is 14.6. The van der Waals surface area contributed by atoms with Gasteiger partial charge in [0.1, 0.15) is 5.56 Å². The molecule has 0 radical (unpaired) electrons. The second-order valence-electron chi connectivity index (χ2n) is 7.85. The summed E-state index contributed by atoms with van der Waals surface area (Å²) in [5.74, 6) is -0.279. The van der Waals surface area contributed by atoms with Gasteiger partial charge in [0.25, 0.3) is 0 Å². The molecule has 3 aromatic rings. The van der Waals surface area contributed by atoms with Crippen LogP contribution in [0.5, 0.6) is 0 Å². The van der Waals surface area contributed by atoms with Gasteiger partial charge in [-0.05, 0) is 45.2 Å². The fourth-order valence-corrected chi connectivity index (χ4v) is 4.36. The summed E-state index contributed by atoms with van der Waals surface area (Å²) in [4.78, 5) is 17.8. The van der Waals surface area contributed by atoms with Crippen LogP contribution in [-0.2, 0) is 4.74 Å². The molecule has 0 atom stereocenters. The van der Waals surface area contributed by atoms with Crippen molar-refractivity contribution in [2.45, 2.75) is 13.8 Å². The monoisotopic (exact) mass is 437 g/mol. The molecule has 0 saturated carbocycles. The van der Waals surface area contributed by atoms with Crippen LogP contribution in [0.2, 0.25) is 5.02 Å². The van der Waals surface area contributed by atoms with E-state index in [1.54, 1.807) is 0 Å². The number of carbonyl (C=O) groups is 1. The van der Waals surface area contributed by atoms with Crippen molar-refractivity contribution >= 4 is 23.3 Å². The largest absolute Gasteiger partial charge is 0.462 e. The number of likely N-dealkylation sites (N-methyl/N-ethyl adjacent to an activating group) is 1. The molecule has 1 aliphatic rings. The van der Waals surface area contributed by atoms with Crippen LogP contribution in [0.15, 0.2) is 54.6 Å². The van der Waals surface area contributed by atoms with Gasteiger partial charge in [-0.25, -0.2) is 4.79 Å². The van der Waals surface area contributed by atoms with Crippen molar-refractivity contribution in [1.82, 2.24) is 9.47 Å². The van der Waals surface area contributed by atoms with Gasteiger partial charge in [-0.1, -0.05) is 41.9 Å². The summed E-state index contributed by atoms with van der Waals surface area (Å²) in [5, 5.41) is 0.680. The maximum Gasteiger partial charge on any atom is 0.342 e. The molecule has 1 aromatic heterocycles. The highest BCUT2D eigenvalue weighted by atomic mass is 35.5. The lowest BCUT2D eigenvalue weighted by molar-refractivity contribution is 0.0526. The van der Waals surface area contributed by atoms with E-state index < -0.39 is 0 Å². The molecule has 31 heavy (non-hydrogen) atoms. The van der Waals surface area contributed by atoms with Crippen molar-refractivity contribution in [3.8, 4) is 16.9 Å². The molecule has 0 bridgehead atoms. The van der Waals surface area contributed by atoms with Crippen molar-refractivity contribution in [3.63, 3.8) is 0 Å². The summed E-state index contributed by atoms with van der Waals surface area (Å²) >= 11 is 6.16. The molecular weight excluding hydrogens is 410 g/mol. The van der Waals surface area contributed by atoms with Crippen LogP contribution in [0.4, 0.5) is 5.69 Å². The molecule has 1 aliphatic heterocycles. The number of carbonyl (C=O) groups excluding carboxylic acids is 1. The molecule has 162 valence electrons. The highest BCUT2D eigenvalue weighted by molar-refractivity contribution is 6.30. The Kier molecular flexibility index (Phi) is 6.35. The van der Waals surface area contributed by atoms with E-state index in [4.69, 9.17) is 16.3 Å². The highest BCUT2D eigenvalue weighted by Crippen LogP contribution is 2.41. The van der Waals surface area contributed by atoms with E-state index in [1.807, 2.05) is 56.3 Å². The van der Waals surface area contributed by atoms with Crippen LogP contribution in [-0.4, -0.2) is 55.3 Å². The Morgan fingerprint density at radius 3 is 2.26 bits per heavy atom. The number of nitrogens with zero attached hydrogens (tertiary/aromatic N) is 3. The number of esters is 1. The predicted molar refractivity (Wildman–Crippen MR) is 127 cm³/mol. The van der Waals surface area contributed by atoms with Crippen LogP contribution < -0.4 is 4.90 Å². The molecule has 0 unspecified atom stereocenters. The number of halogens is 1. The van der Waals surface area contributed by atoms with Crippen molar-refractivity contribution in [1.29, 1.82) is 0 Å². The van der Waals surface area contributed by atoms with Crippen molar-refractivity contribution in [2.24, 2.45) is 0 Å². The SMILES string of the molecule is CCOC(=O)c1c(N2CCN(C)CC2)c(-c2ccccc2)n(-c2ccc(Cl)cc2)c1C. The zero-order valence-electron chi connectivity index (χ0n) is 18.3. The first-order valence-corrected chi connectivity index (χ1v) is 11.1. The Morgan fingerprint density at radius 1 is 1.00 bits per heavy atom. The lowest BCUT2D eigenvalue weighted by atomic mass is 10.1. The molecule has 2 heterocycles. The lowest BCUT2D eigenvalue weighted by Crippen LogP contribution is -2.45. The summed E-state index contributed by atoms with van der Waals surface area (Å²) in [5.41, 5.74) is 5.49. The summed E-state index contributed by atoms with van der Waals surface area (Å²) in [6, 6.07) is 18.0. The Bertz CT molecular complexity index is 1050. The van der Waals surface area contributed by atoms with Gasteiger partial charge >= 0.3 is 5.97 Å². The van der Waals surface area contributed by atoms with Crippen LogP contribution in [0.1, 0.15) is 23.0 Å². The van der Waals surface area contributed by atoms with Gasteiger partial charge in [0, 0.05) is 48.1 Å². The molecule has 1 fully saturated rings. The third-order valence-electron chi connectivity index (χ3n) is 5.81. The average molecular weight is 438 g/mol. The maximum absolute atomic E-state index is 13.2. The van der Waals surface area contributed by atoms with Gasteiger partial charge in [0.05, 0.1) is 18.0 Å². The molecule has 1 saturated heterocycles. The van der Waals surface area contributed by atoms with E-state index >= 15 is 0 Å². The van der Waals surface area contributed by atoms with Crippen molar-refractivity contribution < 1.29 is 9.53 Å². The summed E-state index contributed by atoms with van der Waals surface area (Å²) < 4.78 is 7.67. The van der Waals surface area contributed by atoms with Gasteiger partial charge in [-0.15, -0.1) is 0 Å². The molecular formula is C25H28ClN3O2. The standard InChI is InChI=1S/C25H28ClN3O2/c1-4-31-25(30)22-18(2)29(21-12-10-20(26)11-13-21)23(19-8-6-5-7-9-19)24(22)28-16-14-27(3)15-17-28/h5-13H,4,14-17H2,1-3H3. The van der Waals surface area contributed by atoms with Crippen LogP contribution in [0.3, 0.4) is 0 Å². The first-order valence-electron chi connectivity index (χ1n) is 10.7. The number of rotatable bonds is 5. The third-order valence-corrected chi connectivity index (χ3v) is 6.07. The molecule has 5 nitrogen and oxygen atoms in total. The molecule has 0 spiro atoms. The molecule has 0 N–H and O–H groups in total. The van der Waals surface area contributed by atoms with Gasteiger partial charge in [0.15, 0.2) is 0 Å². The molecule has 6 heteroatoms. The number of benzene rings is 2. The number of aromatic nitrogens is 1. The number of anilines is 1. The topological polar surface area (TPSA) is 37.7 Å². The van der Waals surface area contributed by atoms with Gasteiger partial charge in [-0.2, -0.15) is 0 Å². The van der Waals surface area contributed by atoms with Gasteiger partial charge < -0.3 is 19.1 Å². The van der Waals surface area contributed by atoms with Crippen molar-refractivity contribution in [2.75, 3.05) is 44.7 Å². The lowest BCUT2D eigenvalue weighted by Gasteiger charge is -2.35. The zero-order valence-corrected chi connectivity index (χ0v) is 19.0. The fraction of sp³-hybridized carbons (Fsp3) is 0.320. The fourth-order valence-electron chi connectivity index (χ4n) is 4.24. The van der Waals surface area contributed by atoms with E-state index in [9.17, 15) is 4.79 Å². The maximum atomic E-state index is 13.2. The Morgan fingerprint density at radius 2 is 1.65 bits per heavy atom. The van der Waals surface area contributed by atoms with Crippen LogP contribution >= 0.6 is 11.6 Å². The molecule has 4 rings (SSSR count). The minimum atomic E-state index is -0.279. The summed E-state index contributed by atoms with van der Waals surface area (Å²) in [7, 11) is 2.13. The highest BCUT2D eigenvalue weighted by Gasteiger charge is 2.32. The van der Waals surface area contributed by atoms with Crippen LogP contribution in [0, 0.1) is 6.92 Å². The van der Waals surface area contributed by atoms with Crippen molar-refractivity contribution in [3.05, 3.63) is 70.9 Å². The smallest absolute Gasteiger partial charge is 0.342 e. The minimum absolute atomic E-state index is 0.279. The molecule has 0 amide bonds. The summed E-state index contributed by atoms with van der Waals surface area (Å²) in [6.07, 6.45) is 0. The van der Waals surface area contributed by atoms with E-state index in [1.165, 1.54) is 0 Å². The predicted octanol–water partition coefficient (Wildman–Crippen LogP) is 5.03. The quantitative estimate of drug-likeness (QED) is 0.524. The summed E-state index contributed by atoms with van der Waals surface area (Å²) in [6.45, 7) is 7.78. The first-order chi connectivity index (χ1) is 15.0. The number of hydrogen-bond acceptors (Lipinski definition) is 4. The molecule has 0 aliphatic carbocycles. The zero-order chi connectivity index (χ0) is 22.0. The first kappa shape index (κ1) is 21.5. The minimum Gasteiger partial charge on any atom is -0.462 e. The second-order valence-corrected chi connectivity index (χ2v) is 8.28. The molecule has 2 aromatic carbocycles. The van der Waals surface area contributed by atoms with E-state index in [2.05, 4.69) is 33.5 Å². The van der Waals surface area contributed by atoms with E-state index in [0.29, 0.717) is 17.2 Å². The van der Waals surface area contributed by atoms with Gasteiger partial charge in [-0.3, -0.25) is 0 Å². The Labute approximate surface area is 188 Å².